The summed E-state index contributed by atoms with van der Waals surface area (Å²) in [5, 5.41) is 0. The Labute approximate surface area is 61.8 Å². The van der Waals surface area contributed by atoms with Crippen molar-refractivity contribution in [1.82, 2.24) is 0 Å². The second-order valence-electron chi connectivity index (χ2n) is 2.94. The van der Waals surface area contributed by atoms with Gasteiger partial charge < -0.3 is 9.47 Å². The molecule has 58 valence electrons. The molecule has 0 amide bonds. The maximum atomic E-state index is 5.47. The first kappa shape index (κ1) is 7.45. The van der Waals surface area contributed by atoms with Gasteiger partial charge in [0, 0.05) is 20.3 Å². The summed E-state index contributed by atoms with van der Waals surface area (Å²) >= 11 is 0. The average molecular weight is 142 g/mol. The summed E-state index contributed by atoms with van der Waals surface area (Å²) in [7, 11) is 0. The molecular weight excluding hydrogens is 128 g/mol. The van der Waals surface area contributed by atoms with Gasteiger partial charge in [0.1, 0.15) is 11.5 Å². The lowest BCUT2D eigenvalue weighted by Gasteiger charge is -2.18. The maximum Gasteiger partial charge on any atom is 0.245 e. The zero-order valence-corrected chi connectivity index (χ0v) is 7.02. The van der Waals surface area contributed by atoms with Crippen LogP contribution in [-0.2, 0) is 9.47 Å². The Hall–Kier alpha value is -0.660. The standard InChI is InChI=1S/C8H14O2/c1-5-7-6(2)9-8(3,4)10-7/h5H2,1-4H3. The van der Waals surface area contributed by atoms with Crippen molar-refractivity contribution in [2.24, 2.45) is 0 Å². The molecule has 10 heavy (non-hydrogen) atoms. The van der Waals surface area contributed by atoms with Crippen molar-refractivity contribution in [2.75, 3.05) is 0 Å². The van der Waals surface area contributed by atoms with E-state index in [1.165, 1.54) is 0 Å². The quantitative estimate of drug-likeness (QED) is 0.559. The minimum atomic E-state index is -0.435. The summed E-state index contributed by atoms with van der Waals surface area (Å²) in [5.41, 5.74) is 0. The minimum Gasteiger partial charge on any atom is -0.454 e. The van der Waals surface area contributed by atoms with E-state index >= 15 is 0 Å². The fourth-order valence-electron chi connectivity index (χ4n) is 1.14. The monoisotopic (exact) mass is 142 g/mol. The van der Waals surface area contributed by atoms with Crippen LogP contribution in [0.4, 0.5) is 0 Å². The SMILES string of the molecule is CCC1=C(C)OC(C)(C)O1. The van der Waals surface area contributed by atoms with Gasteiger partial charge in [-0.2, -0.15) is 0 Å². The smallest absolute Gasteiger partial charge is 0.245 e. The summed E-state index contributed by atoms with van der Waals surface area (Å²) in [6, 6.07) is 0. The predicted molar refractivity (Wildman–Crippen MR) is 39.2 cm³/mol. The highest BCUT2D eigenvalue weighted by molar-refractivity contribution is 5.04. The summed E-state index contributed by atoms with van der Waals surface area (Å²) in [6.07, 6.45) is 0.912. The van der Waals surface area contributed by atoms with Crippen LogP contribution in [0.3, 0.4) is 0 Å². The largest absolute Gasteiger partial charge is 0.454 e. The van der Waals surface area contributed by atoms with Crippen LogP contribution in [0.2, 0.25) is 0 Å². The Morgan fingerprint density at radius 3 is 2.10 bits per heavy atom. The van der Waals surface area contributed by atoms with Gasteiger partial charge in [-0.15, -0.1) is 0 Å². The molecule has 0 radical (unpaired) electrons. The summed E-state index contributed by atoms with van der Waals surface area (Å²) in [5.74, 6) is 1.47. The van der Waals surface area contributed by atoms with Crippen LogP contribution in [0.1, 0.15) is 34.1 Å². The Bertz CT molecular complexity index is 168. The zero-order valence-electron chi connectivity index (χ0n) is 7.02. The highest BCUT2D eigenvalue weighted by atomic mass is 16.7. The molecule has 2 heteroatoms. The molecule has 0 aromatic carbocycles. The third kappa shape index (κ3) is 1.25. The number of hydrogen-bond donors (Lipinski definition) is 0. The molecule has 0 aromatic heterocycles. The van der Waals surface area contributed by atoms with Crippen molar-refractivity contribution in [3.63, 3.8) is 0 Å². The van der Waals surface area contributed by atoms with Crippen molar-refractivity contribution in [3.05, 3.63) is 11.5 Å². The van der Waals surface area contributed by atoms with E-state index in [2.05, 4.69) is 6.92 Å². The maximum absolute atomic E-state index is 5.47. The van der Waals surface area contributed by atoms with E-state index in [0.29, 0.717) is 0 Å². The van der Waals surface area contributed by atoms with E-state index in [0.717, 1.165) is 17.9 Å². The first-order chi connectivity index (χ1) is 4.55. The average Bonchev–Trinajstić information content (AvgIpc) is 2.05. The summed E-state index contributed by atoms with van der Waals surface area (Å²) < 4.78 is 10.9. The third-order valence-corrected chi connectivity index (χ3v) is 1.48. The van der Waals surface area contributed by atoms with E-state index in [9.17, 15) is 0 Å². The van der Waals surface area contributed by atoms with E-state index in [-0.39, 0.29) is 0 Å². The molecule has 0 fully saturated rings. The lowest BCUT2D eigenvalue weighted by molar-refractivity contribution is -0.123. The van der Waals surface area contributed by atoms with Crippen LogP contribution >= 0.6 is 0 Å². The van der Waals surface area contributed by atoms with Crippen molar-refractivity contribution in [3.8, 4) is 0 Å². The van der Waals surface area contributed by atoms with Gasteiger partial charge in [-0.1, -0.05) is 6.92 Å². The number of allylic oxidation sites excluding steroid dienone is 2. The summed E-state index contributed by atoms with van der Waals surface area (Å²) in [4.78, 5) is 0. The lowest BCUT2D eigenvalue weighted by Crippen LogP contribution is -2.20. The van der Waals surface area contributed by atoms with Crippen LogP contribution in [0.5, 0.6) is 0 Å². The first-order valence-corrected chi connectivity index (χ1v) is 3.63. The van der Waals surface area contributed by atoms with Gasteiger partial charge in [0.25, 0.3) is 0 Å². The lowest BCUT2D eigenvalue weighted by atomic mass is 10.3. The first-order valence-electron chi connectivity index (χ1n) is 3.63. The van der Waals surface area contributed by atoms with Gasteiger partial charge in [0.15, 0.2) is 0 Å². The predicted octanol–water partition coefficient (Wildman–Crippen LogP) is 2.41. The molecule has 1 heterocycles. The van der Waals surface area contributed by atoms with Gasteiger partial charge in [0.05, 0.1) is 0 Å². The van der Waals surface area contributed by atoms with Crippen molar-refractivity contribution < 1.29 is 9.47 Å². The molecule has 2 nitrogen and oxygen atoms in total. The molecule has 0 atom stereocenters. The van der Waals surface area contributed by atoms with Crippen LogP contribution < -0.4 is 0 Å². The summed E-state index contributed by atoms with van der Waals surface area (Å²) in [6.45, 7) is 7.83. The minimum absolute atomic E-state index is 0.435. The van der Waals surface area contributed by atoms with E-state index in [1.54, 1.807) is 0 Å². The Morgan fingerprint density at radius 1 is 1.30 bits per heavy atom. The highest BCUT2D eigenvalue weighted by Gasteiger charge is 2.30. The van der Waals surface area contributed by atoms with Crippen molar-refractivity contribution in [1.29, 1.82) is 0 Å². The molecule has 0 unspecified atom stereocenters. The molecule has 0 bridgehead atoms. The molecule has 0 saturated carbocycles. The van der Waals surface area contributed by atoms with Gasteiger partial charge in [-0.25, -0.2) is 0 Å². The molecule has 0 aliphatic carbocycles. The van der Waals surface area contributed by atoms with E-state index < -0.39 is 5.79 Å². The van der Waals surface area contributed by atoms with E-state index in [4.69, 9.17) is 9.47 Å². The molecular formula is C8H14O2. The molecule has 0 N–H and O–H groups in total. The molecule has 1 aliphatic rings. The molecule has 1 aliphatic heterocycles. The molecule has 1 rings (SSSR count). The topological polar surface area (TPSA) is 18.5 Å². The number of rotatable bonds is 1. The van der Waals surface area contributed by atoms with Gasteiger partial charge in [0.2, 0.25) is 5.79 Å². The highest BCUT2D eigenvalue weighted by Crippen LogP contribution is 2.31. The zero-order chi connectivity index (χ0) is 7.78. The normalized spacial score (nSPS) is 22.4. The molecule has 0 spiro atoms. The fraction of sp³-hybridized carbons (Fsp3) is 0.750. The second-order valence-corrected chi connectivity index (χ2v) is 2.94. The van der Waals surface area contributed by atoms with Gasteiger partial charge >= 0.3 is 0 Å². The van der Waals surface area contributed by atoms with Crippen LogP contribution in [0.25, 0.3) is 0 Å². The number of ether oxygens (including phenoxy) is 2. The second kappa shape index (κ2) is 2.19. The van der Waals surface area contributed by atoms with Crippen LogP contribution in [0.15, 0.2) is 11.5 Å². The Kier molecular flexibility index (Phi) is 1.63. The van der Waals surface area contributed by atoms with Crippen molar-refractivity contribution >= 4 is 0 Å². The molecule has 0 aromatic rings. The van der Waals surface area contributed by atoms with Gasteiger partial charge in [-0.3, -0.25) is 0 Å². The third-order valence-electron chi connectivity index (χ3n) is 1.48. The Morgan fingerprint density at radius 2 is 1.90 bits per heavy atom. The van der Waals surface area contributed by atoms with E-state index in [1.807, 2.05) is 20.8 Å². The number of hydrogen-bond acceptors (Lipinski definition) is 2. The van der Waals surface area contributed by atoms with Gasteiger partial charge in [-0.05, 0) is 6.92 Å². The fourth-order valence-corrected chi connectivity index (χ4v) is 1.14. The Balaban J connectivity index is 2.68. The van der Waals surface area contributed by atoms with Crippen LogP contribution in [0, 0.1) is 0 Å². The van der Waals surface area contributed by atoms with Crippen LogP contribution in [-0.4, -0.2) is 5.79 Å². The van der Waals surface area contributed by atoms with Crippen molar-refractivity contribution in [2.45, 2.75) is 39.9 Å². The molecule has 0 saturated heterocycles.